The molecule has 5 nitrogen and oxygen atoms in total. The predicted molar refractivity (Wildman–Crippen MR) is 97.3 cm³/mol. The van der Waals surface area contributed by atoms with E-state index in [9.17, 15) is 9.59 Å². The van der Waals surface area contributed by atoms with Crippen LogP contribution in [0, 0.1) is 17.3 Å². The molecule has 0 bridgehead atoms. The molecule has 1 aromatic carbocycles. The van der Waals surface area contributed by atoms with Gasteiger partial charge >= 0.3 is 0 Å². The Morgan fingerprint density at radius 1 is 1.12 bits per heavy atom. The number of carbonyl (C=O) groups excluding carboxylic acids is 2. The maximum Gasteiger partial charge on any atom is 0.202 e. The zero-order valence-electron chi connectivity index (χ0n) is 15.6. The minimum absolute atomic E-state index is 0.00490. The van der Waals surface area contributed by atoms with Crippen LogP contribution in [0.5, 0.6) is 11.5 Å². The third-order valence-electron chi connectivity index (χ3n) is 6.01. The van der Waals surface area contributed by atoms with Crippen LogP contribution in [0.25, 0.3) is 0 Å². The molecule has 1 unspecified atom stereocenters. The predicted octanol–water partition coefficient (Wildman–Crippen LogP) is 3.30. The standard InChI is InChI=1S/C21H24O5/c1-6-9-21-12(2)18(13-7-8-14(24-3)15(10-13)25-4)19(21)20(23)16(26-5)11-17(21)22/h6-8,10-12,18-19H,1,9H2,2-5H3/t12-,18+,19?,21+/m1/s1. The molecular weight excluding hydrogens is 332 g/mol. The molecule has 4 atom stereocenters. The van der Waals surface area contributed by atoms with E-state index < -0.39 is 11.3 Å². The highest BCUT2D eigenvalue weighted by molar-refractivity contribution is 6.13. The molecule has 1 saturated carbocycles. The fourth-order valence-corrected chi connectivity index (χ4v) is 4.70. The van der Waals surface area contributed by atoms with E-state index in [1.165, 1.54) is 13.2 Å². The molecule has 138 valence electrons. The summed E-state index contributed by atoms with van der Waals surface area (Å²) >= 11 is 0. The Kier molecular flexibility index (Phi) is 4.65. The Hall–Kier alpha value is -2.56. The van der Waals surface area contributed by atoms with Gasteiger partial charge in [0.25, 0.3) is 0 Å². The van der Waals surface area contributed by atoms with Crippen molar-refractivity contribution >= 4 is 11.6 Å². The first kappa shape index (κ1) is 18.2. The first-order valence-corrected chi connectivity index (χ1v) is 8.63. The summed E-state index contributed by atoms with van der Waals surface area (Å²) in [6.45, 7) is 5.82. The lowest BCUT2D eigenvalue weighted by Gasteiger charge is -2.59. The summed E-state index contributed by atoms with van der Waals surface area (Å²) in [5, 5.41) is 0. The number of ether oxygens (including phenoxy) is 3. The Labute approximate surface area is 153 Å². The third-order valence-corrected chi connectivity index (χ3v) is 6.01. The van der Waals surface area contributed by atoms with Gasteiger partial charge in [0.05, 0.1) is 26.7 Å². The van der Waals surface area contributed by atoms with Gasteiger partial charge in [-0.1, -0.05) is 19.1 Å². The smallest absolute Gasteiger partial charge is 0.202 e. The third kappa shape index (κ3) is 2.30. The monoisotopic (exact) mass is 356 g/mol. The van der Waals surface area contributed by atoms with Crippen molar-refractivity contribution in [3.05, 3.63) is 48.3 Å². The first-order chi connectivity index (χ1) is 12.5. The average molecular weight is 356 g/mol. The molecule has 0 amide bonds. The first-order valence-electron chi connectivity index (χ1n) is 8.63. The van der Waals surface area contributed by atoms with E-state index >= 15 is 0 Å². The average Bonchev–Trinajstić information content (AvgIpc) is 2.65. The van der Waals surface area contributed by atoms with E-state index in [1.807, 2.05) is 25.1 Å². The van der Waals surface area contributed by atoms with Crippen molar-refractivity contribution in [2.24, 2.45) is 17.3 Å². The van der Waals surface area contributed by atoms with Crippen molar-refractivity contribution < 1.29 is 23.8 Å². The molecule has 0 heterocycles. The summed E-state index contributed by atoms with van der Waals surface area (Å²) in [5.74, 6) is 0.646. The lowest BCUT2D eigenvalue weighted by Crippen LogP contribution is -2.63. The number of allylic oxidation sites excluding steroid dienone is 3. The van der Waals surface area contributed by atoms with Crippen LogP contribution in [0.2, 0.25) is 0 Å². The van der Waals surface area contributed by atoms with Gasteiger partial charge in [0.15, 0.2) is 23.0 Å². The Morgan fingerprint density at radius 2 is 1.81 bits per heavy atom. The molecule has 26 heavy (non-hydrogen) atoms. The number of Topliss-reactive ketones (excluding diaryl/α,β-unsaturated/α-hetero) is 1. The number of ketones is 2. The van der Waals surface area contributed by atoms with Crippen LogP contribution in [0.15, 0.2) is 42.7 Å². The highest BCUT2D eigenvalue weighted by atomic mass is 16.5. The van der Waals surface area contributed by atoms with Gasteiger partial charge < -0.3 is 14.2 Å². The second kappa shape index (κ2) is 6.63. The van der Waals surface area contributed by atoms with Crippen molar-refractivity contribution in [2.45, 2.75) is 19.3 Å². The summed E-state index contributed by atoms with van der Waals surface area (Å²) in [6.07, 6.45) is 3.55. The lowest BCUT2D eigenvalue weighted by molar-refractivity contribution is -0.161. The molecule has 3 rings (SSSR count). The second-order valence-corrected chi connectivity index (χ2v) is 6.88. The molecule has 1 fully saturated rings. The summed E-state index contributed by atoms with van der Waals surface area (Å²) in [5.41, 5.74) is 0.219. The number of benzene rings is 1. The molecule has 0 radical (unpaired) electrons. The number of hydrogen-bond acceptors (Lipinski definition) is 5. The fraction of sp³-hybridized carbons (Fsp3) is 0.429. The molecule has 2 aliphatic rings. The van der Waals surface area contributed by atoms with Crippen molar-refractivity contribution in [1.29, 1.82) is 0 Å². The number of fused-ring (bicyclic) bond motifs is 1. The zero-order valence-corrected chi connectivity index (χ0v) is 15.6. The number of hydrogen-bond donors (Lipinski definition) is 0. The number of methoxy groups -OCH3 is 3. The lowest BCUT2D eigenvalue weighted by atomic mass is 9.41. The van der Waals surface area contributed by atoms with Crippen LogP contribution < -0.4 is 9.47 Å². The van der Waals surface area contributed by atoms with Gasteiger partial charge in [0.1, 0.15) is 0 Å². The molecule has 2 aliphatic carbocycles. The maximum absolute atomic E-state index is 13.0. The van der Waals surface area contributed by atoms with Crippen LogP contribution in [-0.4, -0.2) is 32.9 Å². The van der Waals surface area contributed by atoms with Gasteiger partial charge in [-0.05, 0) is 36.0 Å². The molecule has 0 aromatic heterocycles. The molecule has 0 spiro atoms. The van der Waals surface area contributed by atoms with Crippen LogP contribution in [0.4, 0.5) is 0 Å². The largest absolute Gasteiger partial charge is 0.493 e. The summed E-state index contributed by atoms with van der Waals surface area (Å²) in [4.78, 5) is 25.9. The summed E-state index contributed by atoms with van der Waals surface area (Å²) in [7, 11) is 4.58. The van der Waals surface area contributed by atoms with Crippen molar-refractivity contribution in [3.63, 3.8) is 0 Å². The maximum atomic E-state index is 13.0. The molecule has 0 aliphatic heterocycles. The number of carbonyl (C=O) groups is 2. The van der Waals surface area contributed by atoms with E-state index in [4.69, 9.17) is 14.2 Å². The normalized spacial score (nSPS) is 30.0. The van der Waals surface area contributed by atoms with Crippen LogP contribution in [0.1, 0.15) is 24.8 Å². The fourth-order valence-electron chi connectivity index (χ4n) is 4.70. The molecule has 0 N–H and O–H groups in total. The van der Waals surface area contributed by atoms with Crippen LogP contribution in [0.3, 0.4) is 0 Å². The van der Waals surface area contributed by atoms with Gasteiger partial charge in [-0.25, -0.2) is 0 Å². The second-order valence-electron chi connectivity index (χ2n) is 6.88. The van der Waals surface area contributed by atoms with Gasteiger partial charge in [-0.2, -0.15) is 0 Å². The Bertz CT molecular complexity index is 794. The Morgan fingerprint density at radius 3 is 2.38 bits per heavy atom. The minimum Gasteiger partial charge on any atom is -0.493 e. The van der Waals surface area contributed by atoms with Gasteiger partial charge in [0, 0.05) is 12.0 Å². The zero-order chi connectivity index (χ0) is 19.1. The van der Waals surface area contributed by atoms with E-state index in [0.717, 1.165) is 5.56 Å². The van der Waals surface area contributed by atoms with Crippen LogP contribution in [-0.2, 0) is 14.3 Å². The highest BCUT2D eigenvalue weighted by Gasteiger charge is 2.67. The van der Waals surface area contributed by atoms with Gasteiger partial charge in [0.2, 0.25) is 5.78 Å². The van der Waals surface area contributed by atoms with Crippen molar-refractivity contribution in [2.75, 3.05) is 21.3 Å². The van der Waals surface area contributed by atoms with E-state index in [2.05, 4.69) is 6.58 Å². The molecule has 1 aromatic rings. The molecule has 0 saturated heterocycles. The van der Waals surface area contributed by atoms with E-state index in [1.54, 1.807) is 20.3 Å². The quantitative estimate of drug-likeness (QED) is 0.732. The molecular formula is C21H24O5. The molecule has 5 heteroatoms. The van der Waals surface area contributed by atoms with Crippen LogP contribution >= 0.6 is 0 Å². The van der Waals surface area contributed by atoms with Gasteiger partial charge in [-0.3, -0.25) is 9.59 Å². The highest BCUT2D eigenvalue weighted by Crippen LogP contribution is 2.65. The topological polar surface area (TPSA) is 61.8 Å². The Balaban J connectivity index is 2.08. The van der Waals surface area contributed by atoms with Crippen molar-refractivity contribution in [1.82, 2.24) is 0 Å². The minimum atomic E-state index is -0.737. The summed E-state index contributed by atoms with van der Waals surface area (Å²) in [6, 6.07) is 5.65. The number of rotatable bonds is 6. The van der Waals surface area contributed by atoms with Crippen molar-refractivity contribution in [3.8, 4) is 11.5 Å². The van der Waals surface area contributed by atoms with Gasteiger partial charge in [-0.15, -0.1) is 6.58 Å². The summed E-state index contributed by atoms with van der Waals surface area (Å²) < 4.78 is 15.9. The van der Waals surface area contributed by atoms with E-state index in [0.29, 0.717) is 17.9 Å². The van der Waals surface area contributed by atoms with E-state index in [-0.39, 0.29) is 29.2 Å². The SMILES string of the molecule is C=CC[C@]12C(=O)C=C(OC)C(=O)C1[C@H](c1ccc(OC)c(OC)c1)[C@H]2C.